The van der Waals surface area contributed by atoms with Crippen molar-refractivity contribution in [2.24, 2.45) is 0 Å². The van der Waals surface area contributed by atoms with Crippen LogP contribution in [0.25, 0.3) is 0 Å². The summed E-state index contributed by atoms with van der Waals surface area (Å²) in [6, 6.07) is 14.1. The Morgan fingerprint density at radius 1 is 1.00 bits per heavy atom. The van der Waals surface area contributed by atoms with Gasteiger partial charge in [-0.3, -0.25) is 4.79 Å². The molecule has 1 fully saturated rings. The van der Waals surface area contributed by atoms with Crippen LogP contribution in [-0.2, 0) is 0 Å². The zero-order valence-electron chi connectivity index (χ0n) is 19.3. The smallest absolute Gasteiger partial charge is 0.251 e. The zero-order valence-corrected chi connectivity index (χ0v) is 19.3. The Bertz CT molecular complexity index is 839. The van der Waals surface area contributed by atoms with Crippen LogP contribution in [0.2, 0.25) is 0 Å². The Labute approximate surface area is 185 Å². The zero-order chi connectivity index (χ0) is 22.4. The summed E-state index contributed by atoms with van der Waals surface area (Å²) in [4.78, 5) is 18.1. The summed E-state index contributed by atoms with van der Waals surface area (Å²) in [6.07, 6.45) is 0. The number of amides is 1. The lowest BCUT2D eigenvalue weighted by Gasteiger charge is -2.33. The van der Waals surface area contributed by atoms with Crippen LogP contribution in [0.1, 0.15) is 22.0 Å². The highest BCUT2D eigenvalue weighted by Crippen LogP contribution is 2.22. The van der Waals surface area contributed by atoms with Gasteiger partial charge in [0.15, 0.2) is 0 Å². The minimum atomic E-state index is -0.119. The molecule has 1 aliphatic rings. The fraction of sp³-hybridized carbons (Fsp3) is 0.458. The molecule has 0 aliphatic carbocycles. The Morgan fingerprint density at radius 2 is 1.58 bits per heavy atom. The van der Waals surface area contributed by atoms with E-state index in [-0.39, 0.29) is 11.9 Å². The first-order valence-electron chi connectivity index (χ1n) is 10.9. The summed E-state index contributed by atoms with van der Waals surface area (Å²) >= 11 is 0. The summed E-state index contributed by atoms with van der Waals surface area (Å²) in [5.74, 6) is 1.09. The summed E-state index contributed by atoms with van der Waals surface area (Å²) in [7, 11) is 9.51. The second-order valence-electron chi connectivity index (χ2n) is 8.47. The molecule has 0 radical (unpaired) electrons. The second kappa shape index (κ2) is 10.5. The number of nitrogens with one attached hydrogen (secondary N) is 3. The number of rotatable bonds is 8. The van der Waals surface area contributed by atoms with Crippen molar-refractivity contribution in [2.45, 2.75) is 6.04 Å². The minimum absolute atomic E-state index is 0.119. The molecule has 2 aromatic carbocycles. The standard InChI is InChI=1S/C24H34N4O3/c1-26(2)20-8-6-18(7-9-20)23(28-12-10-27(3)11-13-28)17-25-24(29)19-14-21(30-4)16-22(15-19)31-5/h6-9,14-16,23H,10-13,17H2,1-5H3,(H,25,29)/p+2/t23-/m1/s1. The molecule has 168 valence electrons. The van der Waals surface area contributed by atoms with Crippen molar-refractivity contribution >= 4 is 11.6 Å². The molecule has 0 aromatic heterocycles. The third-order valence-electron chi connectivity index (χ3n) is 6.13. The lowest BCUT2D eigenvalue weighted by Crippen LogP contribution is -3.27. The Morgan fingerprint density at radius 3 is 2.10 bits per heavy atom. The van der Waals surface area contributed by atoms with Gasteiger partial charge in [0.1, 0.15) is 43.7 Å². The third-order valence-corrected chi connectivity index (χ3v) is 6.13. The number of carbonyl (C=O) groups excluding carboxylic acids is 1. The van der Waals surface area contributed by atoms with E-state index >= 15 is 0 Å². The maximum atomic E-state index is 13.0. The molecule has 3 rings (SSSR count). The molecule has 7 nitrogen and oxygen atoms in total. The van der Waals surface area contributed by atoms with Gasteiger partial charge in [0.25, 0.3) is 5.91 Å². The molecule has 7 heteroatoms. The van der Waals surface area contributed by atoms with Crippen LogP contribution in [0.15, 0.2) is 42.5 Å². The van der Waals surface area contributed by atoms with Gasteiger partial charge in [-0.15, -0.1) is 0 Å². The molecule has 0 spiro atoms. The highest BCUT2D eigenvalue weighted by Gasteiger charge is 2.30. The van der Waals surface area contributed by atoms with E-state index in [9.17, 15) is 4.79 Å². The highest BCUT2D eigenvalue weighted by atomic mass is 16.5. The van der Waals surface area contributed by atoms with Gasteiger partial charge >= 0.3 is 0 Å². The van der Waals surface area contributed by atoms with Crippen molar-refractivity contribution in [1.82, 2.24) is 5.32 Å². The molecule has 2 aromatic rings. The topological polar surface area (TPSA) is 59.7 Å². The van der Waals surface area contributed by atoms with E-state index < -0.39 is 0 Å². The lowest BCUT2D eigenvalue weighted by molar-refractivity contribution is -1.02. The Kier molecular flexibility index (Phi) is 7.76. The van der Waals surface area contributed by atoms with E-state index in [1.165, 1.54) is 16.2 Å². The van der Waals surface area contributed by atoms with E-state index in [1.54, 1.807) is 37.3 Å². The number of anilines is 1. The maximum absolute atomic E-state index is 13.0. The van der Waals surface area contributed by atoms with Gasteiger partial charge in [0, 0.05) is 37.0 Å². The SMILES string of the molecule is COc1cc(OC)cc(C(=O)NC[C@H](c2ccc(N(C)C)cc2)[NH+]2CC[NH+](C)CC2)c1. The molecule has 0 saturated carbocycles. The summed E-state index contributed by atoms with van der Waals surface area (Å²) in [5, 5.41) is 3.16. The van der Waals surface area contributed by atoms with Gasteiger partial charge in [0.05, 0.1) is 27.8 Å². The first-order valence-corrected chi connectivity index (χ1v) is 10.9. The fourth-order valence-electron chi connectivity index (χ4n) is 4.08. The normalized spacial score (nSPS) is 19.4. The van der Waals surface area contributed by atoms with E-state index in [0.29, 0.717) is 23.6 Å². The molecule has 1 heterocycles. The van der Waals surface area contributed by atoms with Crippen molar-refractivity contribution in [1.29, 1.82) is 0 Å². The molecule has 31 heavy (non-hydrogen) atoms. The molecule has 1 saturated heterocycles. The molecule has 1 aliphatic heterocycles. The number of methoxy groups -OCH3 is 2. The van der Waals surface area contributed by atoms with Gasteiger partial charge in [-0.2, -0.15) is 0 Å². The number of nitrogens with zero attached hydrogens (tertiary/aromatic N) is 1. The molecule has 0 bridgehead atoms. The van der Waals surface area contributed by atoms with E-state index in [0.717, 1.165) is 26.2 Å². The van der Waals surface area contributed by atoms with Crippen molar-refractivity contribution in [2.75, 3.05) is 73.0 Å². The maximum Gasteiger partial charge on any atom is 0.251 e. The van der Waals surface area contributed by atoms with Crippen molar-refractivity contribution in [3.05, 3.63) is 53.6 Å². The molecule has 1 atom stereocenters. The number of hydrogen-bond donors (Lipinski definition) is 3. The van der Waals surface area contributed by atoms with Gasteiger partial charge in [-0.1, -0.05) is 12.1 Å². The monoisotopic (exact) mass is 428 g/mol. The predicted molar refractivity (Wildman–Crippen MR) is 123 cm³/mol. The average molecular weight is 429 g/mol. The summed E-state index contributed by atoms with van der Waals surface area (Å²) in [6.45, 7) is 5.04. The summed E-state index contributed by atoms with van der Waals surface area (Å²) < 4.78 is 10.6. The lowest BCUT2D eigenvalue weighted by atomic mass is 10.0. The molecule has 3 N–H and O–H groups in total. The van der Waals surface area contributed by atoms with Crippen LogP contribution in [0, 0.1) is 0 Å². The van der Waals surface area contributed by atoms with Crippen LogP contribution in [0.4, 0.5) is 5.69 Å². The first kappa shape index (κ1) is 22.9. The number of quaternary nitrogens is 2. The Balaban J connectivity index is 1.77. The summed E-state index contributed by atoms with van der Waals surface area (Å²) in [5.41, 5.74) is 2.97. The number of hydrogen-bond acceptors (Lipinski definition) is 4. The van der Waals surface area contributed by atoms with Gasteiger partial charge in [0.2, 0.25) is 0 Å². The molecular weight excluding hydrogens is 392 g/mol. The molecule has 0 unspecified atom stereocenters. The van der Waals surface area contributed by atoms with E-state index in [2.05, 4.69) is 41.5 Å². The van der Waals surface area contributed by atoms with Crippen LogP contribution >= 0.6 is 0 Å². The Hall–Kier alpha value is -2.77. The van der Waals surface area contributed by atoms with E-state index in [1.807, 2.05) is 14.1 Å². The number of piperazine rings is 1. The second-order valence-corrected chi connectivity index (χ2v) is 8.47. The number of carbonyl (C=O) groups is 1. The number of ether oxygens (including phenoxy) is 2. The largest absolute Gasteiger partial charge is 0.497 e. The fourth-order valence-corrected chi connectivity index (χ4v) is 4.08. The van der Waals surface area contributed by atoms with Gasteiger partial charge in [-0.05, 0) is 24.3 Å². The van der Waals surface area contributed by atoms with Crippen molar-refractivity contribution < 1.29 is 24.1 Å². The van der Waals surface area contributed by atoms with Crippen LogP contribution in [-0.4, -0.2) is 74.0 Å². The third kappa shape index (κ3) is 5.89. The van der Waals surface area contributed by atoms with Crippen molar-refractivity contribution in [3.63, 3.8) is 0 Å². The number of benzene rings is 2. The average Bonchev–Trinajstić information content (AvgIpc) is 2.80. The van der Waals surface area contributed by atoms with Crippen LogP contribution in [0.5, 0.6) is 11.5 Å². The minimum Gasteiger partial charge on any atom is -0.497 e. The highest BCUT2D eigenvalue weighted by molar-refractivity contribution is 5.95. The predicted octanol–water partition coefficient (Wildman–Crippen LogP) is -0.346. The number of likely N-dealkylation sites (N-methyl/N-ethyl adjacent to an activating group) is 1. The van der Waals surface area contributed by atoms with Crippen molar-refractivity contribution in [3.8, 4) is 11.5 Å². The van der Waals surface area contributed by atoms with Crippen LogP contribution < -0.4 is 29.5 Å². The first-order chi connectivity index (χ1) is 14.9. The van der Waals surface area contributed by atoms with E-state index in [4.69, 9.17) is 9.47 Å². The van der Waals surface area contributed by atoms with Gasteiger partial charge in [-0.25, -0.2) is 0 Å². The molecule has 1 amide bonds. The quantitative estimate of drug-likeness (QED) is 0.538. The molecular formula is C24H36N4O3+2. The van der Waals surface area contributed by atoms with Crippen LogP contribution in [0.3, 0.4) is 0 Å². The van der Waals surface area contributed by atoms with Gasteiger partial charge < -0.3 is 29.5 Å².